The number of ether oxygens (including phenoxy) is 1. The summed E-state index contributed by atoms with van der Waals surface area (Å²) < 4.78 is 4.99. The smallest absolute Gasteiger partial charge is 0.320 e. The summed E-state index contributed by atoms with van der Waals surface area (Å²) in [5.74, 6) is -0.799. The van der Waals surface area contributed by atoms with Gasteiger partial charge >= 0.3 is 5.97 Å². The largest absolute Gasteiger partial charge is 0.480 e. The van der Waals surface area contributed by atoms with E-state index in [0.717, 1.165) is 0 Å². The Morgan fingerprint density at radius 2 is 2.07 bits per heavy atom. The molecule has 0 fully saturated rings. The van der Waals surface area contributed by atoms with E-state index < -0.39 is 12.0 Å². The van der Waals surface area contributed by atoms with E-state index in [1.54, 1.807) is 0 Å². The lowest BCUT2D eigenvalue weighted by molar-refractivity contribution is -0.140. The minimum absolute atomic E-state index is 0.00740. The number of carboxylic acids is 1. The van der Waals surface area contributed by atoms with E-state index in [2.05, 4.69) is 5.32 Å². The molecule has 0 heterocycles. The summed E-state index contributed by atoms with van der Waals surface area (Å²) in [6, 6.07) is -0.535. The molecule has 0 aromatic rings. The number of aliphatic carboxylic acids is 1. The molecular weight excluding hydrogens is 186 g/mol. The maximum atomic E-state index is 10.7. The molecule has 0 aromatic heterocycles. The predicted octanol–water partition coefficient (Wildman–Crippen LogP) is -0.306. The summed E-state index contributed by atoms with van der Waals surface area (Å²) in [6.07, 6.45) is 0. The minimum Gasteiger partial charge on any atom is -0.480 e. The lowest BCUT2D eigenvalue weighted by Gasteiger charge is -2.17. The molecular formula is C9H19NO4. The van der Waals surface area contributed by atoms with Gasteiger partial charge in [0.1, 0.15) is 6.04 Å². The van der Waals surface area contributed by atoms with Crippen molar-refractivity contribution in [1.82, 2.24) is 5.32 Å². The van der Waals surface area contributed by atoms with Crippen molar-refractivity contribution in [2.45, 2.75) is 19.9 Å². The number of carboxylic acid groups (broad SMARTS) is 1. The van der Waals surface area contributed by atoms with Gasteiger partial charge in [0.2, 0.25) is 0 Å². The Hall–Kier alpha value is -0.650. The van der Waals surface area contributed by atoms with Crippen molar-refractivity contribution in [2.75, 3.05) is 26.4 Å². The Labute approximate surface area is 84.1 Å². The van der Waals surface area contributed by atoms with E-state index in [-0.39, 0.29) is 12.5 Å². The zero-order valence-electron chi connectivity index (χ0n) is 8.69. The molecule has 3 N–H and O–H groups in total. The van der Waals surface area contributed by atoms with Crippen molar-refractivity contribution < 1.29 is 19.7 Å². The van der Waals surface area contributed by atoms with Gasteiger partial charge in [-0.05, 0) is 5.92 Å². The molecule has 0 aliphatic carbocycles. The van der Waals surface area contributed by atoms with Crippen LogP contribution in [0.4, 0.5) is 0 Å². The van der Waals surface area contributed by atoms with Crippen LogP contribution >= 0.6 is 0 Å². The standard InChI is InChI=1S/C9H19NO4/c1-7(2)8(9(12)13)10-3-5-14-6-4-11/h7-8,10-11H,3-6H2,1-2H3,(H,12,13). The van der Waals surface area contributed by atoms with E-state index in [1.165, 1.54) is 0 Å². The van der Waals surface area contributed by atoms with E-state index in [9.17, 15) is 4.79 Å². The van der Waals surface area contributed by atoms with E-state index in [0.29, 0.717) is 19.8 Å². The highest BCUT2D eigenvalue weighted by atomic mass is 16.5. The van der Waals surface area contributed by atoms with Crippen LogP contribution in [0, 0.1) is 5.92 Å². The van der Waals surface area contributed by atoms with Crippen molar-refractivity contribution in [2.24, 2.45) is 5.92 Å². The van der Waals surface area contributed by atoms with E-state index in [4.69, 9.17) is 14.9 Å². The number of hydrogen-bond donors (Lipinski definition) is 3. The first-order valence-electron chi connectivity index (χ1n) is 4.74. The van der Waals surface area contributed by atoms with Crippen LogP contribution in [0.2, 0.25) is 0 Å². The zero-order chi connectivity index (χ0) is 11.0. The fraction of sp³-hybridized carbons (Fsp3) is 0.889. The van der Waals surface area contributed by atoms with Gasteiger partial charge in [-0.15, -0.1) is 0 Å². The summed E-state index contributed by atoms with van der Waals surface area (Å²) in [6.45, 7) is 4.88. The number of rotatable bonds is 8. The summed E-state index contributed by atoms with van der Waals surface area (Å²) in [5.41, 5.74) is 0. The van der Waals surface area contributed by atoms with Gasteiger partial charge in [0.25, 0.3) is 0 Å². The molecule has 0 aliphatic rings. The highest BCUT2D eigenvalue weighted by molar-refractivity contribution is 5.73. The lowest BCUT2D eigenvalue weighted by Crippen LogP contribution is -2.42. The summed E-state index contributed by atoms with van der Waals surface area (Å²) in [4.78, 5) is 10.7. The molecule has 84 valence electrons. The molecule has 0 amide bonds. The van der Waals surface area contributed by atoms with Crippen LogP contribution < -0.4 is 5.32 Å². The van der Waals surface area contributed by atoms with Crippen LogP contribution in [0.15, 0.2) is 0 Å². The number of nitrogens with one attached hydrogen (secondary N) is 1. The molecule has 1 unspecified atom stereocenters. The van der Waals surface area contributed by atoms with Gasteiger partial charge in [0, 0.05) is 6.54 Å². The van der Waals surface area contributed by atoms with Gasteiger partial charge < -0.3 is 20.3 Å². The zero-order valence-corrected chi connectivity index (χ0v) is 8.69. The SMILES string of the molecule is CC(C)C(NCCOCCO)C(=O)O. The maximum Gasteiger partial charge on any atom is 0.320 e. The normalized spacial score (nSPS) is 13.1. The number of carbonyl (C=O) groups is 1. The van der Waals surface area contributed by atoms with Crippen LogP contribution in [-0.4, -0.2) is 48.6 Å². The molecule has 0 rings (SSSR count). The molecule has 5 heteroatoms. The second-order valence-electron chi connectivity index (χ2n) is 3.35. The molecule has 0 radical (unpaired) electrons. The minimum atomic E-state index is -0.845. The lowest BCUT2D eigenvalue weighted by atomic mass is 10.1. The third kappa shape index (κ3) is 5.90. The van der Waals surface area contributed by atoms with Crippen LogP contribution in [0.3, 0.4) is 0 Å². The fourth-order valence-corrected chi connectivity index (χ4v) is 1.06. The molecule has 14 heavy (non-hydrogen) atoms. The van der Waals surface area contributed by atoms with Gasteiger partial charge in [-0.25, -0.2) is 0 Å². The molecule has 0 saturated heterocycles. The molecule has 0 aliphatic heterocycles. The monoisotopic (exact) mass is 205 g/mol. The van der Waals surface area contributed by atoms with Gasteiger partial charge in [0.15, 0.2) is 0 Å². The number of aliphatic hydroxyl groups is 1. The average molecular weight is 205 g/mol. The van der Waals surface area contributed by atoms with E-state index >= 15 is 0 Å². The summed E-state index contributed by atoms with van der Waals surface area (Å²) in [7, 11) is 0. The van der Waals surface area contributed by atoms with Crippen LogP contribution in [0.5, 0.6) is 0 Å². The average Bonchev–Trinajstić information content (AvgIpc) is 2.09. The molecule has 0 spiro atoms. The van der Waals surface area contributed by atoms with Gasteiger partial charge in [-0.1, -0.05) is 13.8 Å². The fourth-order valence-electron chi connectivity index (χ4n) is 1.06. The van der Waals surface area contributed by atoms with Crippen LogP contribution in [0.1, 0.15) is 13.8 Å². The Morgan fingerprint density at radius 3 is 2.50 bits per heavy atom. The summed E-state index contributed by atoms with van der Waals surface area (Å²) in [5, 5.41) is 20.1. The molecule has 0 aromatic carbocycles. The second-order valence-corrected chi connectivity index (χ2v) is 3.35. The van der Waals surface area contributed by atoms with Gasteiger partial charge in [0.05, 0.1) is 19.8 Å². The molecule has 1 atom stereocenters. The maximum absolute atomic E-state index is 10.7. The highest BCUT2D eigenvalue weighted by Gasteiger charge is 2.19. The first-order chi connectivity index (χ1) is 6.59. The predicted molar refractivity (Wildman–Crippen MR) is 52.2 cm³/mol. The van der Waals surface area contributed by atoms with Crippen LogP contribution in [-0.2, 0) is 9.53 Å². The van der Waals surface area contributed by atoms with Crippen molar-refractivity contribution >= 4 is 5.97 Å². The Kier molecular flexibility index (Phi) is 7.37. The number of hydrogen-bond acceptors (Lipinski definition) is 4. The number of aliphatic hydroxyl groups excluding tert-OH is 1. The van der Waals surface area contributed by atoms with Crippen molar-refractivity contribution in [3.63, 3.8) is 0 Å². The van der Waals surface area contributed by atoms with Crippen LogP contribution in [0.25, 0.3) is 0 Å². The first kappa shape index (κ1) is 13.4. The third-order valence-corrected chi connectivity index (χ3v) is 1.78. The topological polar surface area (TPSA) is 78.8 Å². The second kappa shape index (κ2) is 7.73. The van der Waals surface area contributed by atoms with Crippen molar-refractivity contribution in [3.8, 4) is 0 Å². The van der Waals surface area contributed by atoms with Gasteiger partial charge in [-0.2, -0.15) is 0 Å². The summed E-state index contributed by atoms with van der Waals surface area (Å²) >= 11 is 0. The van der Waals surface area contributed by atoms with Crippen molar-refractivity contribution in [1.29, 1.82) is 0 Å². The molecule has 0 bridgehead atoms. The Morgan fingerprint density at radius 1 is 1.43 bits per heavy atom. The van der Waals surface area contributed by atoms with E-state index in [1.807, 2.05) is 13.8 Å². The molecule has 5 nitrogen and oxygen atoms in total. The highest BCUT2D eigenvalue weighted by Crippen LogP contribution is 2.00. The van der Waals surface area contributed by atoms with Gasteiger partial charge in [-0.3, -0.25) is 4.79 Å². The third-order valence-electron chi connectivity index (χ3n) is 1.78. The Bertz CT molecular complexity index is 161. The first-order valence-corrected chi connectivity index (χ1v) is 4.74. The quantitative estimate of drug-likeness (QED) is 0.474. The Balaban J connectivity index is 3.57. The van der Waals surface area contributed by atoms with Crippen molar-refractivity contribution in [3.05, 3.63) is 0 Å². The molecule has 0 saturated carbocycles.